The minimum atomic E-state index is -0.000263. The van der Waals surface area contributed by atoms with Crippen molar-refractivity contribution in [2.45, 2.75) is 0 Å². The van der Waals surface area contributed by atoms with Crippen molar-refractivity contribution in [3.05, 3.63) is 60.9 Å². The Morgan fingerprint density at radius 2 is 1.57 bits per heavy atom. The first-order valence-electron chi connectivity index (χ1n) is 8.40. The number of nitrogens with zero attached hydrogens (tertiary/aromatic N) is 5. The van der Waals surface area contributed by atoms with Crippen LogP contribution in [0.2, 0.25) is 0 Å². The summed E-state index contributed by atoms with van der Waals surface area (Å²) in [5.74, 6) is 2.18. The third-order valence-corrected chi connectivity index (χ3v) is 3.78. The number of nitrogen functional groups attached to an aromatic ring is 1. The van der Waals surface area contributed by atoms with Crippen molar-refractivity contribution < 1.29 is 4.74 Å². The van der Waals surface area contributed by atoms with Gasteiger partial charge in [-0.3, -0.25) is 0 Å². The topological polar surface area (TPSA) is 124 Å². The van der Waals surface area contributed by atoms with Crippen LogP contribution in [0.3, 0.4) is 0 Å². The molecule has 0 saturated carbocycles. The molecule has 8 nitrogen and oxygen atoms in total. The fourth-order valence-corrected chi connectivity index (χ4v) is 2.48. The Balaban J connectivity index is 1.76. The van der Waals surface area contributed by atoms with Gasteiger partial charge in [-0.05, 0) is 36.4 Å². The molecular formula is C20H17N7O. The molecule has 3 aromatic rings. The Kier molecular flexibility index (Phi) is 5.86. The van der Waals surface area contributed by atoms with E-state index in [2.05, 4.69) is 15.3 Å². The average molecular weight is 371 g/mol. The van der Waals surface area contributed by atoms with Crippen LogP contribution in [0.25, 0.3) is 0 Å². The summed E-state index contributed by atoms with van der Waals surface area (Å²) >= 11 is 0. The molecule has 1 aromatic heterocycles. The fourth-order valence-electron chi connectivity index (χ4n) is 2.48. The maximum Gasteiger partial charge on any atom is 0.159 e. The molecule has 2 aromatic carbocycles. The Labute approximate surface area is 162 Å². The van der Waals surface area contributed by atoms with E-state index in [1.54, 1.807) is 0 Å². The number of hydrogen-bond donors (Lipinski definition) is 2. The summed E-state index contributed by atoms with van der Waals surface area (Å²) in [5, 5.41) is 21.0. The van der Waals surface area contributed by atoms with Crippen LogP contribution >= 0.6 is 0 Å². The zero-order valence-corrected chi connectivity index (χ0v) is 14.9. The molecule has 0 unspecified atom stereocenters. The summed E-state index contributed by atoms with van der Waals surface area (Å²) in [5.41, 5.74) is 7.17. The van der Waals surface area contributed by atoms with Crippen LogP contribution in [0.5, 0.6) is 11.5 Å². The van der Waals surface area contributed by atoms with Gasteiger partial charge in [0.15, 0.2) is 11.6 Å². The van der Waals surface area contributed by atoms with Gasteiger partial charge in [0.1, 0.15) is 36.6 Å². The molecule has 3 rings (SSSR count). The lowest BCUT2D eigenvalue weighted by Crippen LogP contribution is -2.26. The van der Waals surface area contributed by atoms with Crippen molar-refractivity contribution in [3.8, 4) is 23.6 Å². The van der Waals surface area contributed by atoms with E-state index in [4.69, 9.17) is 21.0 Å². The van der Waals surface area contributed by atoms with Crippen molar-refractivity contribution in [1.82, 2.24) is 9.97 Å². The number of ether oxygens (including phenoxy) is 1. The summed E-state index contributed by atoms with van der Waals surface area (Å²) in [6.07, 6.45) is 1.34. The minimum absolute atomic E-state index is 0.000263. The van der Waals surface area contributed by atoms with Gasteiger partial charge in [0, 0.05) is 5.69 Å². The molecule has 0 aliphatic carbocycles. The molecule has 28 heavy (non-hydrogen) atoms. The predicted molar refractivity (Wildman–Crippen MR) is 106 cm³/mol. The maximum absolute atomic E-state index is 8.94. The molecule has 0 aliphatic heterocycles. The molecule has 1 heterocycles. The van der Waals surface area contributed by atoms with Crippen molar-refractivity contribution in [2.24, 2.45) is 0 Å². The molecule has 0 bridgehead atoms. The minimum Gasteiger partial charge on any atom is -0.457 e. The van der Waals surface area contributed by atoms with E-state index >= 15 is 0 Å². The van der Waals surface area contributed by atoms with Crippen LogP contribution in [0.4, 0.5) is 23.0 Å². The van der Waals surface area contributed by atoms with Crippen LogP contribution in [0, 0.1) is 22.7 Å². The van der Waals surface area contributed by atoms with Gasteiger partial charge in [-0.2, -0.15) is 10.5 Å². The highest BCUT2D eigenvalue weighted by atomic mass is 16.5. The Bertz CT molecular complexity index is 991. The van der Waals surface area contributed by atoms with Crippen LogP contribution in [-0.4, -0.2) is 23.1 Å². The second kappa shape index (κ2) is 8.88. The molecular weight excluding hydrogens is 354 g/mol. The summed E-state index contributed by atoms with van der Waals surface area (Å²) in [6, 6.07) is 20.8. The van der Waals surface area contributed by atoms with Crippen LogP contribution in [0.15, 0.2) is 60.9 Å². The molecule has 138 valence electrons. The standard InChI is InChI=1S/C20H17N7O/c21-10-12-27(13-11-22)20-18(23)19(24-14-25-20)26-15-6-8-17(9-7-15)28-16-4-2-1-3-5-16/h1-9,14H,12-13,23H2,(H,24,25,26). The SMILES string of the molecule is N#CCN(CC#N)c1ncnc(Nc2ccc(Oc3ccccc3)cc2)c1N. The predicted octanol–water partition coefficient (Wildman–Crippen LogP) is 3.45. The number of benzene rings is 2. The van der Waals surface area contributed by atoms with Gasteiger partial charge in [-0.1, -0.05) is 18.2 Å². The summed E-state index contributed by atoms with van der Waals surface area (Å²) in [7, 11) is 0. The third kappa shape index (κ3) is 4.45. The smallest absolute Gasteiger partial charge is 0.159 e. The Morgan fingerprint density at radius 1 is 0.929 bits per heavy atom. The highest BCUT2D eigenvalue weighted by Crippen LogP contribution is 2.29. The van der Waals surface area contributed by atoms with Gasteiger partial charge in [0.05, 0.1) is 12.1 Å². The van der Waals surface area contributed by atoms with Crippen LogP contribution in [-0.2, 0) is 0 Å². The van der Waals surface area contributed by atoms with Crippen LogP contribution < -0.4 is 20.7 Å². The number of nitrogens with two attached hydrogens (primary N) is 1. The molecule has 0 spiro atoms. The summed E-state index contributed by atoms with van der Waals surface area (Å²) in [4.78, 5) is 9.75. The number of nitriles is 2. The van der Waals surface area contributed by atoms with Gasteiger partial charge in [-0.15, -0.1) is 0 Å². The highest BCUT2D eigenvalue weighted by molar-refractivity contribution is 5.78. The molecule has 3 N–H and O–H groups in total. The van der Waals surface area contributed by atoms with E-state index in [1.807, 2.05) is 66.7 Å². The zero-order valence-electron chi connectivity index (χ0n) is 14.9. The monoisotopic (exact) mass is 371 g/mol. The third-order valence-electron chi connectivity index (χ3n) is 3.78. The number of para-hydroxylation sites is 1. The first kappa shape index (κ1) is 18.5. The van der Waals surface area contributed by atoms with Gasteiger partial charge < -0.3 is 20.7 Å². The van der Waals surface area contributed by atoms with Crippen molar-refractivity contribution >= 4 is 23.0 Å². The van der Waals surface area contributed by atoms with E-state index in [9.17, 15) is 0 Å². The molecule has 0 radical (unpaired) electrons. The van der Waals surface area contributed by atoms with Crippen LogP contribution in [0.1, 0.15) is 0 Å². The summed E-state index contributed by atoms with van der Waals surface area (Å²) in [6.45, 7) is -0.000526. The Hall–Kier alpha value is -4.30. The number of hydrogen-bond acceptors (Lipinski definition) is 8. The van der Waals surface area contributed by atoms with E-state index in [0.717, 1.165) is 11.4 Å². The first-order valence-corrected chi connectivity index (χ1v) is 8.40. The number of aromatic nitrogens is 2. The number of rotatable bonds is 7. The molecule has 8 heteroatoms. The quantitative estimate of drug-likeness (QED) is 0.605. The van der Waals surface area contributed by atoms with E-state index in [1.165, 1.54) is 11.2 Å². The lowest BCUT2D eigenvalue weighted by Gasteiger charge is -2.20. The molecule has 0 fully saturated rings. The normalized spacial score (nSPS) is 9.79. The second-order valence-corrected chi connectivity index (χ2v) is 5.70. The fraction of sp³-hybridized carbons (Fsp3) is 0.100. The van der Waals surface area contributed by atoms with Gasteiger partial charge in [-0.25, -0.2) is 9.97 Å². The molecule has 0 amide bonds. The molecule has 0 saturated heterocycles. The van der Waals surface area contributed by atoms with E-state index in [0.29, 0.717) is 17.4 Å². The first-order chi connectivity index (χ1) is 13.7. The van der Waals surface area contributed by atoms with Gasteiger partial charge >= 0.3 is 0 Å². The Morgan fingerprint density at radius 3 is 2.21 bits per heavy atom. The van der Waals surface area contributed by atoms with E-state index in [-0.39, 0.29) is 18.8 Å². The second-order valence-electron chi connectivity index (χ2n) is 5.70. The molecule has 0 aliphatic rings. The largest absolute Gasteiger partial charge is 0.457 e. The lowest BCUT2D eigenvalue weighted by molar-refractivity contribution is 0.483. The summed E-state index contributed by atoms with van der Waals surface area (Å²) < 4.78 is 5.77. The van der Waals surface area contributed by atoms with Gasteiger partial charge in [0.25, 0.3) is 0 Å². The van der Waals surface area contributed by atoms with Gasteiger partial charge in [0.2, 0.25) is 0 Å². The van der Waals surface area contributed by atoms with E-state index < -0.39 is 0 Å². The highest BCUT2D eigenvalue weighted by Gasteiger charge is 2.15. The maximum atomic E-state index is 8.94. The number of nitrogens with one attached hydrogen (secondary N) is 1. The van der Waals surface area contributed by atoms with Crippen molar-refractivity contribution in [3.63, 3.8) is 0 Å². The lowest BCUT2D eigenvalue weighted by atomic mass is 10.3. The number of anilines is 4. The van der Waals surface area contributed by atoms with Crippen molar-refractivity contribution in [1.29, 1.82) is 10.5 Å². The van der Waals surface area contributed by atoms with Crippen molar-refractivity contribution in [2.75, 3.05) is 29.0 Å². The zero-order chi connectivity index (χ0) is 19.8. The average Bonchev–Trinajstić information content (AvgIpc) is 2.72. The molecule has 0 atom stereocenters.